The van der Waals surface area contributed by atoms with Crippen LogP contribution >= 0.6 is 0 Å². The van der Waals surface area contributed by atoms with Crippen LogP contribution in [0.3, 0.4) is 0 Å². The molecule has 18 heavy (non-hydrogen) atoms. The zero-order chi connectivity index (χ0) is 13.6. The molecule has 1 fully saturated rings. The van der Waals surface area contributed by atoms with Crippen LogP contribution in [0, 0.1) is 22.7 Å². The molecule has 0 saturated carbocycles. The number of hydrogen-bond acceptors (Lipinski definition) is 3. The molecule has 0 aliphatic carbocycles. The third-order valence-corrected chi connectivity index (χ3v) is 3.64. The smallest absolute Gasteiger partial charge is 0.234 e. The van der Waals surface area contributed by atoms with Crippen molar-refractivity contribution in [3.8, 4) is 6.07 Å². The number of amides is 1. The van der Waals surface area contributed by atoms with Gasteiger partial charge in [0, 0.05) is 19.6 Å². The van der Waals surface area contributed by atoms with Crippen molar-refractivity contribution >= 4 is 5.91 Å². The Kier molecular flexibility index (Phi) is 5.61. The molecule has 0 spiro atoms. The summed E-state index contributed by atoms with van der Waals surface area (Å²) in [7, 11) is 0. The lowest BCUT2D eigenvalue weighted by Crippen LogP contribution is -2.43. The Hall–Kier alpha value is -1.08. The molecular weight excluding hydrogens is 226 g/mol. The van der Waals surface area contributed by atoms with Gasteiger partial charge in [-0.05, 0) is 32.1 Å². The molecule has 1 heterocycles. The second-order valence-corrected chi connectivity index (χ2v) is 5.98. The van der Waals surface area contributed by atoms with Crippen molar-refractivity contribution < 1.29 is 4.79 Å². The molecule has 1 aliphatic heterocycles. The predicted molar refractivity (Wildman–Crippen MR) is 71.9 cm³/mol. The Labute approximate surface area is 110 Å². The van der Waals surface area contributed by atoms with Gasteiger partial charge in [-0.1, -0.05) is 13.8 Å². The first kappa shape index (κ1) is 15.0. The number of hydrogen-bond donors (Lipinski definition) is 1. The summed E-state index contributed by atoms with van der Waals surface area (Å²) in [4.78, 5) is 13.8. The maximum absolute atomic E-state index is 11.7. The van der Waals surface area contributed by atoms with Gasteiger partial charge in [-0.15, -0.1) is 0 Å². The maximum atomic E-state index is 11.7. The van der Waals surface area contributed by atoms with Crippen LogP contribution in [0.25, 0.3) is 0 Å². The molecule has 0 radical (unpaired) electrons. The SMILES string of the molecule is CC(C)CCNC(=O)CN1CCC(C)(C#N)CC1. The zero-order valence-electron chi connectivity index (χ0n) is 11.8. The molecule has 1 saturated heterocycles. The van der Waals surface area contributed by atoms with Crippen LogP contribution in [0.4, 0.5) is 0 Å². The molecule has 102 valence electrons. The number of rotatable bonds is 5. The number of carbonyl (C=O) groups excluding carboxylic acids is 1. The summed E-state index contributed by atoms with van der Waals surface area (Å²) in [5, 5.41) is 12.0. The van der Waals surface area contributed by atoms with E-state index in [4.69, 9.17) is 5.26 Å². The van der Waals surface area contributed by atoms with Gasteiger partial charge in [-0.25, -0.2) is 0 Å². The van der Waals surface area contributed by atoms with Crippen LogP contribution < -0.4 is 5.32 Å². The highest BCUT2D eigenvalue weighted by Gasteiger charge is 2.30. The van der Waals surface area contributed by atoms with Crippen molar-refractivity contribution in [2.75, 3.05) is 26.2 Å². The van der Waals surface area contributed by atoms with Crippen molar-refractivity contribution in [2.24, 2.45) is 11.3 Å². The van der Waals surface area contributed by atoms with E-state index in [0.717, 1.165) is 38.9 Å². The molecule has 1 amide bonds. The van der Waals surface area contributed by atoms with E-state index in [2.05, 4.69) is 30.1 Å². The molecule has 4 heteroatoms. The van der Waals surface area contributed by atoms with E-state index in [-0.39, 0.29) is 11.3 Å². The van der Waals surface area contributed by atoms with E-state index in [9.17, 15) is 4.79 Å². The van der Waals surface area contributed by atoms with E-state index < -0.39 is 0 Å². The fourth-order valence-electron chi connectivity index (χ4n) is 2.08. The van der Waals surface area contributed by atoms with E-state index in [0.29, 0.717) is 12.5 Å². The fraction of sp³-hybridized carbons (Fsp3) is 0.857. The van der Waals surface area contributed by atoms with Gasteiger partial charge in [0.15, 0.2) is 0 Å². The summed E-state index contributed by atoms with van der Waals surface area (Å²) in [6.07, 6.45) is 2.75. The minimum atomic E-state index is -0.190. The molecule has 0 unspecified atom stereocenters. The van der Waals surface area contributed by atoms with Crippen molar-refractivity contribution in [2.45, 2.75) is 40.0 Å². The van der Waals surface area contributed by atoms with Gasteiger partial charge in [0.2, 0.25) is 5.91 Å². The summed E-state index contributed by atoms with van der Waals surface area (Å²) in [6, 6.07) is 2.37. The quantitative estimate of drug-likeness (QED) is 0.810. The third-order valence-electron chi connectivity index (χ3n) is 3.64. The van der Waals surface area contributed by atoms with Crippen molar-refractivity contribution in [1.29, 1.82) is 5.26 Å². The van der Waals surface area contributed by atoms with Crippen LogP contribution in [0.5, 0.6) is 0 Å². The van der Waals surface area contributed by atoms with Gasteiger partial charge in [0.1, 0.15) is 0 Å². The average Bonchev–Trinajstić information content (AvgIpc) is 2.32. The summed E-state index contributed by atoms with van der Waals surface area (Å²) < 4.78 is 0. The van der Waals surface area contributed by atoms with Crippen molar-refractivity contribution in [1.82, 2.24) is 10.2 Å². The first-order valence-electron chi connectivity index (χ1n) is 6.85. The lowest BCUT2D eigenvalue weighted by molar-refractivity contribution is -0.122. The minimum Gasteiger partial charge on any atom is -0.355 e. The second-order valence-electron chi connectivity index (χ2n) is 5.98. The highest BCUT2D eigenvalue weighted by Crippen LogP contribution is 2.29. The summed E-state index contributed by atoms with van der Waals surface area (Å²) >= 11 is 0. The second kappa shape index (κ2) is 6.75. The standard InChI is InChI=1S/C14H25N3O/c1-12(2)4-7-16-13(18)10-17-8-5-14(3,11-15)6-9-17/h12H,4-10H2,1-3H3,(H,16,18). The lowest BCUT2D eigenvalue weighted by atomic mass is 9.82. The van der Waals surface area contributed by atoms with Gasteiger partial charge in [-0.2, -0.15) is 5.26 Å². The third kappa shape index (κ3) is 5.05. The zero-order valence-corrected chi connectivity index (χ0v) is 11.8. The molecule has 1 rings (SSSR count). The molecular formula is C14H25N3O. The molecule has 0 aromatic rings. The number of carbonyl (C=O) groups is 1. The van der Waals surface area contributed by atoms with Gasteiger partial charge in [0.05, 0.1) is 18.0 Å². The minimum absolute atomic E-state index is 0.108. The highest BCUT2D eigenvalue weighted by atomic mass is 16.2. The summed E-state index contributed by atoms with van der Waals surface area (Å²) in [5.74, 6) is 0.729. The van der Waals surface area contributed by atoms with Gasteiger partial charge in [-0.3, -0.25) is 9.69 Å². The van der Waals surface area contributed by atoms with E-state index in [1.807, 2.05) is 6.92 Å². The van der Waals surface area contributed by atoms with Crippen LogP contribution in [0.2, 0.25) is 0 Å². The Morgan fingerprint density at radius 1 is 1.44 bits per heavy atom. The van der Waals surface area contributed by atoms with E-state index in [1.54, 1.807) is 0 Å². The monoisotopic (exact) mass is 251 g/mol. The van der Waals surface area contributed by atoms with Crippen molar-refractivity contribution in [3.05, 3.63) is 0 Å². The predicted octanol–water partition coefficient (Wildman–Crippen LogP) is 1.77. The van der Waals surface area contributed by atoms with Crippen molar-refractivity contribution in [3.63, 3.8) is 0 Å². The van der Waals surface area contributed by atoms with Crippen LogP contribution in [-0.4, -0.2) is 37.0 Å². The normalized spacial score (nSPS) is 19.5. The Morgan fingerprint density at radius 2 is 2.06 bits per heavy atom. The van der Waals surface area contributed by atoms with Gasteiger partial charge >= 0.3 is 0 Å². The van der Waals surface area contributed by atoms with Crippen LogP contribution in [0.1, 0.15) is 40.0 Å². The number of nitrogens with zero attached hydrogens (tertiary/aromatic N) is 2. The fourth-order valence-corrected chi connectivity index (χ4v) is 2.08. The summed E-state index contributed by atoms with van der Waals surface area (Å²) in [5.41, 5.74) is -0.190. The number of piperidine rings is 1. The van der Waals surface area contributed by atoms with Gasteiger partial charge < -0.3 is 5.32 Å². The molecule has 0 atom stereocenters. The topological polar surface area (TPSA) is 56.1 Å². The molecule has 0 bridgehead atoms. The number of nitriles is 1. The summed E-state index contributed by atoms with van der Waals surface area (Å²) in [6.45, 7) is 9.25. The highest BCUT2D eigenvalue weighted by molar-refractivity contribution is 5.77. The molecule has 1 N–H and O–H groups in total. The lowest BCUT2D eigenvalue weighted by Gasteiger charge is -2.34. The Bertz CT molecular complexity index is 311. The first-order chi connectivity index (χ1) is 8.45. The molecule has 0 aromatic carbocycles. The van der Waals surface area contributed by atoms with Crippen LogP contribution in [0.15, 0.2) is 0 Å². The first-order valence-corrected chi connectivity index (χ1v) is 6.85. The van der Waals surface area contributed by atoms with E-state index in [1.165, 1.54) is 0 Å². The average molecular weight is 251 g/mol. The Balaban J connectivity index is 2.21. The number of likely N-dealkylation sites (tertiary alicyclic amines) is 1. The molecule has 0 aromatic heterocycles. The molecule has 1 aliphatic rings. The largest absolute Gasteiger partial charge is 0.355 e. The van der Waals surface area contributed by atoms with Crippen LogP contribution in [-0.2, 0) is 4.79 Å². The van der Waals surface area contributed by atoms with Gasteiger partial charge in [0.25, 0.3) is 0 Å². The Morgan fingerprint density at radius 3 is 2.56 bits per heavy atom. The molecule has 4 nitrogen and oxygen atoms in total. The maximum Gasteiger partial charge on any atom is 0.234 e. The number of nitrogens with one attached hydrogen (secondary N) is 1. The van der Waals surface area contributed by atoms with E-state index >= 15 is 0 Å².